The number of benzene rings is 1. The number of amides is 1. The van der Waals surface area contributed by atoms with Gasteiger partial charge in [0, 0.05) is 18.1 Å². The molecule has 2 heterocycles. The fourth-order valence-corrected chi connectivity index (χ4v) is 2.31. The van der Waals surface area contributed by atoms with Crippen molar-refractivity contribution >= 4 is 23.4 Å². The van der Waals surface area contributed by atoms with Crippen molar-refractivity contribution < 1.29 is 9.21 Å². The molecular weight excluding hydrogens is 314 g/mol. The van der Waals surface area contributed by atoms with Crippen LogP contribution in [0.5, 0.6) is 0 Å². The standard InChI is InChI=1S/C15H13N5O2S/c1-10-2-4-11(5-3-10)18-13(21)9-23-15-20-19-14(22-15)12-8-16-6-7-17-12/h2-8H,9H2,1H3,(H,18,21). The van der Waals surface area contributed by atoms with Crippen LogP contribution in [0.4, 0.5) is 5.69 Å². The number of thioether (sulfide) groups is 1. The van der Waals surface area contributed by atoms with Gasteiger partial charge < -0.3 is 9.73 Å². The fourth-order valence-electron chi connectivity index (χ4n) is 1.74. The number of nitrogens with zero attached hydrogens (tertiary/aromatic N) is 4. The molecule has 0 aliphatic carbocycles. The summed E-state index contributed by atoms with van der Waals surface area (Å²) in [5, 5.41) is 10.9. The first-order valence-corrected chi connectivity index (χ1v) is 7.78. The Kier molecular flexibility index (Phi) is 4.62. The molecule has 0 bridgehead atoms. The van der Waals surface area contributed by atoms with E-state index in [1.165, 1.54) is 18.0 Å². The van der Waals surface area contributed by atoms with Crippen LogP contribution in [0.1, 0.15) is 5.56 Å². The van der Waals surface area contributed by atoms with Crippen molar-refractivity contribution in [2.45, 2.75) is 12.1 Å². The van der Waals surface area contributed by atoms with Crippen molar-refractivity contribution in [2.24, 2.45) is 0 Å². The van der Waals surface area contributed by atoms with E-state index in [0.717, 1.165) is 11.3 Å². The minimum absolute atomic E-state index is 0.141. The van der Waals surface area contributed by atoms with Gasteiger partial charge in [0.05, 0.1) is 11.9 Å². The number of rotatable bonds is 5. The van der Waals surface area contributed by atoms with Crippen LogP contribution in [0.3, 0.4) is 0 Å². The van der Waals surface area contributed by atoms with Gasteiger partial charge >= 0.3 is 0 Å². The van der Waals surface area contributed by atoms with E-state index in [-0.39, 0.29) is 17.6 Å². The van der Waals surface area contributed by atoms with Crippen molar-refractivity contribution in [3.8, 4) is 11.6 Å². The molecule has 7 nitrogen and oxygen atoms in total. The zero-order valence-corrected chi connectivity index (χ0v) is 13.1. The molecule has 8 heteroatoms. The first kappa shape index (κ1) is 15.2. The lowest BCUT2D eigenvalue weighted by molar-refractivity contribution is -0.113. The smallest absolute Gasteiger partial charge is 0.277 e. The third-order valence-corrected chi connectivity index (χ3v) is 3.67. The van der Waals surface area contributed by atoms with Crippen molar-refractivity contribution in [3.05, 3.63) is 48.4 Å². The monoisotopic (exact) mass is 327 g/mol. The number of nitrogens with one attached hydrogen (secondary N) is 1. The van der Waals surface area contributed by atoms with Gasteiger partial charge in [-0.1, -0.05) is 29.5 Å². The van der Waals surface area contributed by atoms with E-state index in [1.54, 1.807) is 12.4 Å². The van der Waals surface area contributed by atoms with E-state index in [9.17, 15) is 4.79 Å². The van der Waals surface area contributed by atoms with Crippen LogP contribution in [0.15, 0.2) is 52.5 Å². The van der Waals surface area contributed by atoms with Crippen molar-refractivity contribution in [1.82, 2.24) is 20.2 Å². The molecule has 3 rings (SSSR count). The van der Waals surface area contributed by atoms with Crippen molar-refractivity contribution in [2.75, 3.05) is 11.1 Å². The molecule has 0 atom stereocenters. The van der Waals surface area contributed by atoms with Gasteiger partial charge in [-0.15, -0.1) is 10.2 Å². The summed E-state index contributed by atoms with van der Waals surface area (Å²) in [4.78, 5) is 19.9. The second kappa shape index (κ2) is 7.01. The van der Waals surface area contributed by atoms with Crippen LogP contribution in [0.2, 0.25) is 0 Å². The second-order valence-corrected chi connectivity index (χ2v) is 5.59. The number of carbonyl (C=O) groups is 1. The molecule has 23 heavy (non-hydrogen) atoms. The van der Waals surface area contributed by atoms with Crippen LogP contribution in [0, 0.1) is 6.92 Å². The molecule has 0 aliphatic rings. The van der Waals surface area contributed by atoms with Crippen LogP contribution in [0.25, 0.3) is 11.6 Å². The van der Waals surface area contributed by atoms with E-state index in [1.807, 2.05) is 31.2 Å². The van der Waals surface area contributed by atoms with Crippen LogP contribution in [-0.4, -0.2) is 31.8 Å². The lowest BCUT2D eigenvalue weighted by Crippen LogP contribution is -2.13. The van der Waals surface area contributed by atoms with Crippen LogP contribution >= 0.6 is 11.8 Å². The maximum atomic E-state index is 11.9. The zero-order valence-electron chi connectivity index (χ0n) is 12.3. The topological polar surface area (TPSA) is 93.8 Å². The van der Waals surface area contributed by atoms with Gasteiger partial charge in [0.1, 0.15) is 5.69 Å². The predicted octanol–water partition coefficient (Wildman–Crippen LogP) is 2.57. The Bertz CT molecular complexity index is 789. The van der Waals surface area contributed by atoms with E-state index in [4.69, 9.17) is 4.42 Å². The number of carbonyl (C=O) groups excluding carboxylic acids is 1. The third kappa shape index (κ3) is 4.13. The Morgan fingerprint density at radius 1 is 1.22 bits per heavy atom. The summed E-state index contributed by atoms with van der Waals surface area (Å²) in [5.74, 6) is 0.313. The number of aryl methyl sites for hydroxylation is 1. The average Bonchev–Trinajstić information content (AvgIpc) is 3.05. The second-order valence-electron chi connectivity index (χ2n) is 4.67. The van der Waals surface area contributed by atoms with Gasteiger partial charge in [0.2, 0.25) is 5.91 Å². The molecule has 0 aliphatic heterocycles. The molecular formula is C15H13N5O2S. The number of aromatic nitrogens is 4. The average molecular weight is 327 g/mol. The molecule has 0 unspecified atom stereocenters. The summed E-state index contributed by atoms with van der Waals surface area (Å²) in [6, 6.07) is 7.59. The first-order valence-electron chi connectivity index (χ1n) is 6.80. The van der Waals surface area contributed by atoms with Crippen molar-refractivity contribution in [3.63, 3.8) is 0 Å². The van der Waals surface area contributed by atoms with Gasteiger partial charge in [-0.2, -0.15) is 0 Å². The van der Waals surface area contributed by atoms with E-state index >= 15 is 0 Å². The first-order chi connectivity index (χ1) is 11.2. The van der Waals surface area contributed by atoms with E-state index in [0.29, 0.717) is 10.9 Å². The summed E-state index contributed by atoms with van der Waals surface area (Å²) in [6.45, 7) is 1.99. The molecule has 3 aromatic rings. The minimum Gasteiger partial charge on any atom is -0.410 e. The molecule has 0 saturated heterocycles. The quantitative estimate of drug-likeness (QED) is 0.720. The van der Waals surface area contributed by atoms with Gasteiger partial charge in [-0.3, -0.25) is 9.78 Å². The molecule has 2 aromatic heterocycles. The maximum Gasteiger partial charge on any atom is 0.277 e. The number of hydrogen-bond donors (Lipinski definition) is 1. The highest BCUT2D eigenvalue weighted by molar-refractivity contribution is 7.99. The summed E-state index contributed by atoms with van der Waals surface area (Å²) < 4.78 is 5.44. The fraction of sp³-hybridized carbons (Fsp3) is 0.133. The molecule has 1 aromatic carbocycles. The highest BCUT2D eigenvalue weighted by atomic mass is 32.2. The molecule has 0 radical (unpaired) electrons. The summed E-state index contributed by atoms with van der Waals surface area (Å²) in [7, 11) is 0. The SMILES string of the molecule is Cc1ccc(NC(=O)CSc2nnc(-c3cnccn3)o2)cc1. The lowest BCUT2D eigenvalue weighted by Gasteiger charge is -2.03. The van der Waals surface area contributed by atoms with E-state index in [2.05, 4.69) is 25.5 Å². The normalized spacial score (nSPS) is 10.5. The highest BCUT2D eigenvalue weighted by Crippen LogP contribution is 2.21. The Hall–Kier alpha value is -2.74. The molecule has 0 fully saturated rings. The molecule has 0 saturated carbocycles. The van der Waals surface area contributed by atoms with E-state index < -0.39 is 0 Å². The zero-order chi connectivity index (χ0) is 16.1. The van der Waals surface area contributed by atoms with Crippen LogP contribution in [-0.2, 0) is 4.79 Å². The lowest BCUT2D eigenvalue weighted by atomic mass is 10.2. The number of hydrogen-bond acceptors (Lipinski definition) is 7. The summed E-state index contributed by atoms with van der Waals surface area (Å²) >= 11 is 1.17. The summed E-state index contributed by atoms with van der Waals surface area (Å²) in [5.41, 5.74) is 2.39. The molecule has 116 valence electrons. The van der Waals surface area contributed by atoms with Crippen LogP contribution < -0.4 is 5.32 Å². The Balaban J connectivity index is 1.55. The molecule has 1 N–H and O–H groups in total. The Morgan fingerprint density at radius 2 is 2.04 bits per heavy atom. The largest absolute Gasteiger partial charge is 0.410 e. The maximum absolute atomic E-state index is 11.9. The minimum atomic E-state index is -0.141. The Labute approximate surface area is 136 Å². The molecule has 0 spiro atoms. The predicted molar refractivity (Wildman–Crippen MR) is 85.9 cm³/mol. The Morgan fingerprint density at radius 3 is 2.78 bits per heavy atom. The van der Waals surface area contributed by atoms with Crippen molar-refractivity contribution in [1.29, 1.82) is 0 Å². The van der Waals surface area contributed by atoms with Gasteiger partial charge in [0.25, 0.3) is 11.1 Å². The third-order valence-electron chi connectivity index (χ3n) is 2.85. The van der Waals surface area contributed by atoms with Gasteiger partial charge in [-0.05, 0) is 19.1 Å². The molecule has 1 amide bonds. The number of anilines is 1. The van der Waals surface area contributed by atoms with Gasteiger partial charge in [0.15, 0.2) is 0 Å². The van der Waals surface area contributed by atoms with Gasteiger partial charge in [-0.25, -0.2) is 4.98 Å². The highest BCUT2D eigenvalue weighted by Gasteiger charge is 2.12. The summed E-state index contributed by atoms with van der Waals surface area (Å²) in [6.07, 6.45) is 4.64.